The van der Waals surface area contributed by atoms with Gasteiger partial charge in [0.25, 0.3) is 0 Å². The van der Waals surface area contributed by atoms with Gasteiger partial charge in [-0.15, -0.1) is 0 Å². The van der Waals surface area contributed by atoms with Crippen molar-refractivity contribution < 1.29 is 9.53 Å². The second kappa shape index (κ2) is 13.0. The second-order valence-corrected chi connectivity index (χ2v) is 23.7. The summed E-state index contributed by atoms with van der Waals surface area (Å²) < 4.78 is 10.4. The van der Waals surface area contributed by atoms with E-state index in [0.29, 0.717) is 16.6 Å². The van der Waals surface area contributed by atoms with E-state index >= 15 is 0 Å². The Morgan fingerprint density at radius 2 is 1.50 bits per heavy atom. The monoisotopic (exact) mass is 523 g/mol. The van der Waals surface area contributed by atoms with Crippen molar-refractivity contribution in [2.75, 3.05) is 6.61 Å². The number of rotatable bonds is 14. The van der Waals surface area contributed by atoms with Gasteiger partial charge in [-0.05, 0) is 0 Å². The number of hydrogen-bond acceptors (Lipinski definition) is 2. The Morgan fingerprint density at radius 3 is 1.97 bits per heavy atom. The van der Waals surface area contributed by atoms with Crippen molar-refractivity contribution in [3.8, 4) is 0 Å². The number of ether oxygens (including phenoxy) is 1. The molecule has 0 spiro atoms. The average molecular weight is 522 g/mol. The Hall–Kier alpha value is -0.711. The van der Waals surface area contributed by atoms with Crippen molar-refractivity contribution in [3.05, 3.63) is 35.9 Å². The molecule has 30 heavy (non-hydrogen) atoms. The molecule has 1 aromatic rings. The Bertz CT molecular complexity index is 597. The fourth-order valence-corrected chi connectivity index (χ4v) is 24.6. The topological polar surface area (TPSA) is 29.5 Å². The molecular weight excluding hydrogens is 477 g/mol. The first-order valence-corrected chi connectivity index (χ1v) is 20.2. The molecule has 1 fully saturated rings. The van der Waals surface area contributed by atoms with Crippen LogP contribution in [0.1, 0.15) is 91.2 Å². The van der Waals surface area contributed by atoms with Crippen molar-refractivity contribution in [2.24, 2.45) is 5.92 Å². The second-order valence-electron chi connectivity index (χ2n) is 9.73. The predicted octanol–water partition coefficient (Wildman–Crippen LogP) is 7.98. The molecule has 0 saturated carbocycles. The third-order valence-corrected chi connectivity index (χ3v) is 24.0. The van der Waals surface area contributed by atoms with E-state index in [4.69, 9.17) is 4.74 Å². The Kier molecular flexibility index (Phi) is 11.1. The van der Waals surface area contributed by atoms with Crippen LogP contribution in [0.3, 0.4) is 0 Å². The SMILES string of the molecule is CCC[CH2][Sn]([CH2]CCC)([CH2]CCC)[C@@H](CC(C)C)N1C(=O)OC[C@@H]1c1ccccc1. The Labute approximate surface area is 189 Å². The number of carbonyl (C=O) groups is 1. The van der Waals surface area contributed by atoms with Crippen molar-refractivity contribution in [2.45, 2.75) is 103 Å². The Balaban J connectivity index is 2.50. The fraction of sp³-hybridized carbons (Fsp3) is 0.731. The molecule has 0 N–H and O–H groups in total. The van der Waals surface area contributed by atoms with E-state index < -0.39 is 18.4 Å². The standard InChI is InChI=1S/C14H18NO2.3C4H9.Sn/c1-11(2)8-9-15-13(10-17-14(15)16)12-6-4-3-5-7-12;3*1-3-4-2;/h3-7,9,11,13H,8,10H2,1-2H3;3*1,3-4H2,2H3;/t13-;;;;/m1..../s1. The zero-order valence-electron chi connectivity index (χ0n) is 20.2. The fourth-order valence-electron chi connectivity index (χ4n) is 5.28. The summed E-state index contributed by atoms with van der Waals surface area (Å²) >= 11 is -2.67. The summed E-state index contributed by atoms with van der Waals surface area (Å²) in [5.41, 5.74) is 1.23. The van der Waals surface area contributed by atoms with Crippen molar-refractivity contribution in [1.82, 2.24) is 4.90 Å². The van der Waals surface area contributed by atoms with Gasteiger partial charge in [0.1, 0.15) is 0 Å². The van der Waals surface area contributed by atoms with Crippen LogP contribution in [0.4, 0.5) is 4.79 Å². The van der Waals surface area contributed by atoms with E-state index in [9.17, 15) is 4.79 Å². The van der Waals surface area contributed by atoms with Crippen LogP contribution in [0.2, 0.25) is 13.3 Å². The summed E-state index contributed by atoms with van der Waals surface area (Å²) in [6.45, 7) is 12.2. The van der Waals surface area contributed by atoms with Gasteiger partial charge < -0.3 is 0 Å². The molecule has 1 aliphatic rings. The normalized spacial score (nSPS) is 18.1. The van der Waals surface area contributed by atoms with E-state index in [1.165, 1.54) is 57.4 Å². The summed E-state index contributed by atoms with van der Waals surface area (Å²) in [6.07, 6.45) is 8.87. The van der Waals surface area contributed by atoms with Crippen molar-refractivity contribution >= 4 is 24.5 Å². The summed E-state index contributed by atoms with van der Waals surface area (Å²) in [6, 6.07) is 10.7. The summed E-state index contributed by atoms with van der Waals surface area (Å²) in [5, 5.41) is 0. The number of amides is 1. The predicted molar refractivity (Wildman–Crippen MR) is 131 cm³/mol. The molecule has 4 heteroatoms. The van der Waals surface area contributed by atoms with Gasteiger partial charge in [0.05, 0.1) is 0 Å². The molecule has 1 aliphatic heterocycles. The van der Waals surface area contributed by atoms with Crippen LogP contribution in [0.5, 0.6) is 0 Å². The molecule has 1 aromatic carbocycles. The molecule has 0 aliphatic carbocycles. The van der Waals surface area contributed by atoms with Crippen LogP contribution in [0.15, 0.2) is 30.3 Å². The molecule has 1 heterocycles. The summed E-state index contributed by atoms with van der Waals surface area (Å²) in [4.78, 5) is 15.4. The van der Waals surface area contributed by atoms with Gasteiger partial charge in [0, 0.05) is 0 Å². The van der Waals surface area contributed by atoms with Crippen LogP contribution in [-0.4, -0.2) is 40.0 Å². The van der Waals surface area contributed by atoms with Gasteiger partial charge in [0.2, 0.25) is 0 Å². The van der Waals surface area contributed by atoms with Crippen molar-refractivity contribution in [1.29, 1.82) is 0 Å². The zero-order chi connectivity index (χ0) is 22.0. The summed E-state index contributed by atoms with van der Waals surface area (Å²) in [7, 11) is 0. The number of benzene rings is 1. The molecule has 170 valence electrons. The van der Waals surface area contributed by atoms with E-state index in [2.05, 4.69) is 69.9 Å². The average Bonchev–Trinajstić information content (AvgIpc) is 3.13. The third kappa shape index (κ3) is 6.64. The molecule has 3 nitrogen and oxygen atoms in total. The van der Waals surface area contributed by atoms with Gasteiger partial charge in [-0.25, -0.2) is 0 Å². The molecule has 2 atom stereocenters. The number of hydrogen-bond donors (Lipinski definition) is 0. The number of cyclic esters (lactones) is 1. The quantitative estimate of drug-likeness (QED) is 0.232. The van der Waals surface area contributed by atoms with E-state index in [0.717, 1.165) is 6.42 Å². The van der Waals surface area contributed by atoms with Crippen molar-refractivity contribution in [3.63, 3.8) is 0 Å². The van der Waals surface area contributed by atoms with Gasteiger partial charge >= 0.3 is 190 Å². The maximum atomic E-state index is 13.2. The molecule has 2 rings (SSSR count). The maximum absolute atomic E-state index is 13.2. The molecule has 0 aromatic heterocycles. The minimum atomic E-state index is -2.67. The van der Waals surface area contributed by atoms with Crippen LogP contribution >= 0.6 is 0 Å². The Morgan fingerprint density at radius 1 is 0.967 bits per heavy atom. The first-order valence-electron chi connectivity index (χ1n) is 12.5. The van der Waals surface area contributed by atoms with Crippen LogP contribution in [0.25, 0.3) is 0 Å². The van der Waals surface area contributed by atoms with E-state index in [1.54, 1.807) is 0 Å². The number of unbranched alkanes of at least 4 members (excludes halogenated alkanes) is 3. The first-order chi connectivity index (χ1) is 14.5. The summed E-state index contributed by atoms with van der Waals surface area (Å²) in [5.74, 6) is 0.598. The van der Waals surface area contributed by atoms with Crippen LogP contribution < -0.4 is 0 Å². The van der Waals surface area contributed by atoms with Gasteiger partial charge in [0.15, 0.2) is 0 Å². The molecule has 0 unspecified atom stereocenters. The molecule has 1 amide bonds. The van der Waals surface area contributed by atoms with Gasteiger partial charge in [-0.3, -0.25) is 0 Å². The number of nitrogens with zero attached hydrogens (tertiary/aromatic N) is 1. The number of carbonyl (C=O) groups excluding carboxylic acids is 1. The van der Waals surface area contributed by atoms with Gasteiger partial charge in [-0.1, -0.05) is 0 Å². The minimum absolute atomic E-state index is 0.0555. The first kappa shape index (κ1) is 25.5. The van der Waals surface area contributed by atoms with E-state index in [1.807, 2.05) is 0 Å². The zero-order valence-corrected chi connectivity index (χ0v) is 23.0. The van der Waals surface area contributed by atoms with Crippen LogP contribution in [0, 0.1) is 5.92 Å². The van der Waals surface area contributed by atoms with Gasteiger partial charge in [-0.2, -0.15) is 0 Å². The van der Waals surface area contributed by atoms with Crippen LogP contribution in [-0.2, 0) is 4.74 Å². The molecule has 1 saturated heterocycles. The molecular formula is C26H45NO2Sn. The third-order valence-electron chi connectivity index (χ3n) is 6.92. The molecule has 0 radical (unpaired) electrons. The molecule has 0 bridgehead atoms. The van der Waals surface area contributed by atoms with E-state index in [-0.39, 0.29) is 12.1 Å².